The van der Waals surface area contributed by atoms with Crippen molar-refractivity contribution in [3.05, 3.63) is 79.2 Å². The maximum absolute atomic E-state index is 16.5. The number of aromatic nitrogens is 2. The number of H-pyrrole nitrogens is 1. The van der Waals surface area contributed by atoms with Crippen LogP contribution in [0, 0.1) is 11.6 Å². The maximum Gasteiger partial charge on any atom is 0.273 e. The second-order valence-corrected chi connectivity index (χ2v) is 12.7. The molecular weight excluding hydrogens is 626 g/mol. The van der Waals surface area contributed by atoms with Crippen molar-refractivity contribution in [1.29, 1.82) is 0 Å². The fraction of sp³-hybridized carbons (Fsp3) is 0.419. The highest BCUT2D eigenvalue weighted by atomic mass is 32.1. The van der Waals surface area contributed by atoms with Crippen LogP contribution in [0.2, 0.25) is 0 Å². The molecule has 2 N–H and O–H groups in total. The highest BCUT2D eigenvalue weighted by Crippen LogP contribution is 2.39. The van der Waals surface area contributed by atoms with E-state index in [1.807, 2.05) is 33.0 Å². The minimum atomic E-state index is -3.14. The van der Waals surface area contributed by atoms with Gasteiger partial charge in [0.15, 0.2) is 5.82 Å². The van der Waals surface area contributed by atoms with Crippen molar-refractivity contribution < 1.29 is 27.2 Å². The molecule has 3 aromatic rings. The highest BCUT2D eigenvalue weighted by molar-refractivity contribution is 7.09. The highest BCUT2D eigenvalue weighted by Gasteiger charge is 2.31. The monoisotopic (exact) mass is 661 g/mol. The summed E-state index contributed by atoms with van der Waals surface area (Å²) in [5.74, 6) is -3.29. The molecule has 0 bridgehead atoms. The number of carbonyl (C=O) groups is 2. The maximum atomic E-state index is 16.5. The van der Waals surface area contributed by atoms with E-state index in [-0.39, 0.29) is 48.4 Å². The van der Waals surface area contributed by atoms with E-state index in [9.17, 15) is 23.2 Å². The quantitative estimate of drug-likeness (QED) is 0.345. The van der Waals surface area contributed by atoms with E-state index >= 15 is 8.78 Å². The van der Waals surface area contributed by atoms with Gasteiger partial charge in [-0.3, -0.25) is 14.4 Å². The molecule has 1 aromatic carbocycles. The lowest BCUT2D eigenvalue weighted by Crippen LogP contribution is -2.50. The summed E-state index contributed by atoms with van der Waals surface area (Å²) >= 11 is 1.38. The second-order valence-electron chi connectivity index (χ2n) is 11.7. The molecule has 0 radical (unpaired) electrons. The van der Waals surface area contributed by atoms with E-state index < -0.39 is 40.7 Å². The van der Waals surface area contributed by atoms with Crippen LogP contribution in [-0.4, -0.2) is 96.4 Å². The lowest BCUT2D eigenvalue weighted by atomic mass is 9.96. The van der Waals surface area contributed by atoms with E-state index in [1.54, 1.807) is 21.3 Å². The van der Waals surface area contributed by atoms with Gasteiger partial charge in [-0.05, 0) is 40.1 Å². The van der Waals surface area contributed by atoms with Gasteiger partial charge in [-0.2, -0.15) is 0 Å². The number of carbonyl (C=O) groups excluding carboxylic acids is 2. The third-order valence-electron chi connectivity index (χ3n) is 8.21. The van der Waals surface area contributed by atoms with Crippen LogP contribution in [0.5, 0.6) is 0 Å². The first-order valence-electron chi connectivity index (χ1n) is 14.7. The minimum Gasteiger partial charge on any atom is -0.367 e. The number of aromatic amines is 1. The molecule has 2 aliphatic heterocycles. The molecular formula is C31H35F4N7O3S. The number of likely N-dealkylation sites (N-methyl/N-ethyl adjacent to an activating group) is 1. The number of pyridine rings is 1. The summed E-state index contributed by atoms with van der Waals surface area (Å²) in [5, 5.41) is 4.89. The van der Waals surface area contributed by atoms with Gasteiger partial charge in [0.05, 0.1) is 16.8 Å². The summed E-state index contributed by atoms with van der Waals surface area (Å²) in [6.45, 7) is 4.19. The number of hydrogen-bond acceptors (Lipinski definition) is 8. The van der Waals surface area contributed by atoms with Crippen LogP contribution in [0.1, 0.15) is 56.8 Å². The number of nitrogens with zero attached hydrogens (tertiary/aromatic N) is 5. The van der Waals surface area contributed by atoms with Crippen LogP contribution in [0.25, 0.3) is 5.57 Å². The van der Waals surface area contributed by atoms with Crippen molar-refractivity contribution >= 4 is 40.1 Å². The molecule has 2 aliphatic rings. The summed E-state index contributed by atoms with van der Waals surface area (Å²) in [4.78, 5) is 52.0. The van der Waals surface area contributed by atoms with Gasteiger partial charge >= 0.3 is 0 Å². The first-order valence-corrected chi connectivity index (χ1v) is 15.6. The summed E-state index contributed by atoms with van der Waals surface area (Å²) < 4.78 is 59.8. The molecule has 4 heterocycles. The Kier molecular flexibility index (Phi) is 9.93. The topological polar surface area (TPSA) is 105 Å². The second kappa shape index (κ2) is 13.7. The number of alkyl halides is 2. The molecule has 0 aliphatic carbocycles. The summed E-state index contributed by atoms with van der Waals surface area (Å²) in [6.07, 6.45) is -0.602. The Morgan fingerprint density at radius 3 is 2.61 bits per heavy atom. The predicted octanol–water partition coefficient (Wildman–Crippen LogP) is 4.43. The number of thiazole rings is 1. The van der Waals surface area contributed by atoms with Crippen molar-refractivity contribution in [3.63, 3.8) is 0 Å². The van der Waals surface area contributed by atoms with Gasteiger partial charge in [0.1, 0.15) is 22.2 Å². The van der Waals surface area contributed by atoms with E-state index in [0.29, 0.717) is 43.5 Å². The Morgan fingerprint density at radius 1 is 1.20 bits per heavy atom. The van der Waals surface area contributed by atoms with E-state index in [0.717, 1.165) is 17.3 Å². The Balaban J connectivity index is 1.48. The molecule has 1 saturated heterocycles. The fourth-order valence-corrected chi connectivity index (χ4v) is 6.46. The molecule has 1 atom stereocenters. The van der Waals surface area contributed by atoms with Crippen molar-refractivity contribution in [2.24, 2.45) is 0 Å². The van der Waals surface area contributed by atoms with Gasteiger partial charge in [0, 0.05) is 74.6 Å². The van der Waals surface area contributed by atoms with Crippen molar-refractivity contribution in [2.45, 2.75) is 32.4 Å². The number of anilines is 2. The smallest absolute Gasteiger partial charge is 0.273 e. The number of amides is 2. The largest absolute Gasteiger partial charge is 0.367 e. The molecule has 10 nitrogen and oxygen atoms in total. The zero-order valence-electron chi connectivity index (χ0n) is 25.9. The Bertz CT molecular complexity index is 1720. The normalized spacial score (nSPS) is 17.5. The van der Waals surface area contributed by atoms with Crippen LogP contribution < -0.4 is 15.8 Å². The van der Waals surface area contributed by atoms with Crippen molar-refractivity contribution in [3.8, 4) is 0 Å². The first kappa shape index (κ1) is 33.3. The molecule has 0 unspecified atom stereocenters. The SMILES string of the molecule is C[C@H]1CN(c2cc(F)c(C3=CCN(C(=O)c4csc(CN(C)C)n4)CC3)c(F)c2NC(=O)c2c[nH]c(=O)cc2C(F)F)CCN1C. The first-order chi connectivity index (χ1) is 21.8. The number of rotatable bonds is 8. The average molecular weight is 662 g/mol. The molecule has 46 heavy (non-hydrogen) atoms. The molecule has 246 valence electrons. The zero-order valence-corrected chi connectivity index (χ0v) is 26.7. The van der Waals surface area contributed by atoms with Crippen LogP contribution in [-0.2, 0) is 6.54 Å². The number of halogens is 4. The molecule has 0 spiro atoms. The number of nitrogens with one attached hydrogen (secondary N) is 2. The van der Waals surface area contributed by atoms with Gasteiger partial charge in [-0.15, -0.1) is 11.3 Å². The van der Waals surface area contributed by atoms with Gasteiger partial charge in [-0.1, -0.05) is 6.08 Å². The molecule has 2 aromatic heterocycles. The lowest BCUT2D eigenvalue weighted by Gasteiger charge is -2.40. The lowest BCUT2D eigenvalue weighted by molar-refractivity contribution is 0.0767. The Morgan fingerprint density at radius 2 is 1.96 bits per heavy atom. The standard InChI is InChI=1S/C31H35F4N7O3S/c1-17-14-42(10-9-40(17)4)23-12-21(32)26(27(33)28(23)38-30(44)20-13-36-24(43)11-19(20)29(34)35)18-5-7-41(8-6-18)31(45)22-16-46-25(37-22)15-39(2)3/h5,11-13,16-17,29H,6-10,14-15H2,1-4H3,(H,36,43)(H,38,44)/t17-/m0/s1. The van der Waals surface area contributed by atoms with Crippen LogP contribution >= 0.6 is 11.3 Å². The van der Waals surface area contributed by atoms with Gasteiger partial charge in [-0.25, -0.2) is 22.5 Å². The van der Waals surface area contributed by atoms with Gasteiger partial charge in [0.2, 0.25) is 5.56 Å². The fourth-order valence-electron chi connectivity index (χ4n) is 5.58. The number of hydrogen-bond donors (Lipinski definition) is 2. The van der Waals surface area contributed by atoms with E-state index in [4.69, 9.17) is 0 Å². The third kappa shape index (κ3) is 7.00. The molecule has 0 saturated carbocycles. The number of benzene rings is 1. The Hall–Kier alpha value is -4.08. The average Bonchev–Trinajstić information content (AvgIpc) is 3.47. The van der Waals surface area contributed by atoms with E-state index in [1.165, 1.54) is 11.3 Å². The molecule has 5 rings (SSSR count). The van der Waals surface area contributed by atoms with Gasteiger partial charge in [0.25, 0.3) is 18.2 Å². The molecule has 1 fully saturated rings. The summed E-state index contributed by atoms with van der Waals surface area (Å²) in [7, 11) is 5.73. The predicted molar refractivity (Wildman–Crippen MR) is 169 cm³/mol. The summed E-state index contributed by atoms with van der Waals surface area (Å²) in [5.41, 5.74) is -2.23. The van der Waals surface area contributed by atoms with Crippen molar-refractivity contribution in [1.82, 2.24) is 24.7 Å². The Labute approximate surface area is 267 Å². The van der Waals surface area contributed by atoms with E-state index in [2.05, 4.69) is 20.2 Å². The van der Waals surface area contributed by atoms with Gasteiger partial charge < -0.3 is 29.9 Å². The third-order valence-corrected chi connectivity index (χ3v) is 9.05. The zero-order chi connectivity index (χ0) is 33.3. The molecule has 15 heteroatoms. The number of piperazine rings is 1. The minimum absolute atomic E-state index is 0.0222. The van der Waals surface area contributed by atoms with Crippen molar-refractivity contribution in [2.75, 3.05) is 64.1 Å². The van der Waals surface area contributed by atoms with Crippen LogP contribution in [0.3, 0.4) is 0 Å². The molecule has 2 amide bonds. The van der Waals surface area contributed by atoms with Crippen LogP contribution in [0.4, 0.5) is 28.9 Å². The van der Waals surface area contributed by atoms with Crippen LogP contribution in [0.15, 0.2) is 34.6 Å². The summed E-state index contributed by atoms with van der Waals surface area (Å²) in [6, 6.07) is 1.78.